The summed E-state index contributed by atoms with van der Waals surface area (Å²) in [5.74, 6) is 1.16. The lowest BCUT2D eigenvalue weighted by atomic mass is 9.87. The summed E-state index contributed by atoms with van der Waals surface area (Å²) in [4.78, 5) is 7.66. The quantitative estimate of drug-likeness (QED) is 0.453. The van der Waals surface area contributed by atoms with Crippen molar-refractivity contribution in [3.8, 4) is 0 Å². The first-order valence-corrected chi connectivity index (χ1v) is 12.3. The molecule has 0 aliphatic carbocycles. The molecule has 1 aromatic heterocycles. The fraction of sp³-hybridized carbons (Fsp3) is 0.519. The Kier molecular flexibility index (Phi) is 9.52. The van der Waals surface area contributed by atoms with Gasteiger partial charge in [0.1, 0.15) is 11.4 Å². The highest BCUT2D eigenvalue weighted by Gasteiger charge is 2.43. The van der Waals surface area contributed by atoms with E-state index in [0.717, 1.165) is 44.0 Å². The average molecular weight is 540 g/mol. The Morgan fingerprint density at radius 3 is 2.31 bits per heavy atom. The standard InChI is InChI=1S/C27H34N4O.3ClH/c1-20-29-25-9-5-6-10-26(25)31(20)24-17-22-11-12-23(18-24)30(22)15-13-27(19-28-14-16-32-27)21-7-3-2-4-8-21;;;/h2-10,22-24,28H,11-19H2,1H3;3*1H/t22-,23+,24?,27?;;;. The summed E-state index contributed by atoms with van der Waals surface area (Å²) < 4.78 is 9.00. The van der Waals surface area contributed by atoms with Crippen molar-refractivity contribution in [2.45, 2.75) is 62.8 Å². The Morgan fingerprint density at radius 2 is 1.63 bits per heavy atom. The van der Waals surface area contributed by atoms with Gasteiger partial charge in [-0.25, -0.2) is 4.98 Å². The highest BCUT2D eigenvalue weighted by molar-refractivity contribution is 5.86. The molecule has 0 spiro atoms. The lowest BCUT2D eigenvalue weighted by Crippen LogP contribution is -2.51. The monoisotopic (exact) mass is 538 g/mol. The molecule has 2 aromatic carbocycles. The summed E-state index contributed by atoms with van der Waals surface area (Å²) in [5.41, 5.74) is 3.54. The highest BCUT2D eigenvalue weighted by atomic mass is 35.5. The Hall–Kier alpha value is -1.34. The van der Waals surface area contributed by atoms with E-state index in [1.165, 1.54) is 36.8 Å². The number of benzene rings is 2. The molecule has 3 aliphatic rings. The van der Waals surface area contributed by atoms with Crippen LogP contribution in [0.5, 0.6) is 0 Å². The van der Waals surface area contributed by atoms with Gasteiger partial charge < -0.3 is 14.6 Å². The average Bonchev–Trinajstić information content (AvgIpc) is 3.30. The summed E-state index contributed by atoms with van der Waals surface area (Å²) in [6.45, 7) is 5.93. The van der Waals surface area contributed by atoms with Crippen molar-refractivity contribution in [3.05, 3.63) is 66.0 Å². The molecular formula is C27H37Cl3N4O. The molecule has 2 bridgehead atoms. The van der Waals surface area contributed by atoms with Crippen molar-refractivity contribution in [2.75, 3.05) is 26.2 Å². The Bertz CT molecular complexity index is 1070. The van der Waals surface area contributed by atoms with Gasteiger partial charge in [-0.05, 0) is 56.7 Å². The molecule has 4 atom stereocenters. The Labute approximate surface area is 227 Å². The first kappa shape index (κ1) is 28.2. The van der Waals surface area contributed by atoms with Crippen LogP contribution in [0.4, 0.5) is 0 Å². The van der Waals surface area contributed by atoms with Gasteiger partial charge in [0.15, 0.2) is 0 Å². The number of piperidine rings is 1. The molecule has 8 heteroatoms. The fourth-order valence-corrected chi connectivity index (χ4v) is 6.65. The lowest BCUT2D eigenvalue weighted by molar-refractivity contribution is -0.0844. The van der Waals surface area contributed by atoms with E-state index in [4.69, 9.17) is 9.72 Å². The van der Waals surface area contributed by atoms with Crippen LogP contribution in [0, 0.1) is 6.92 Å². The van der Waals surface area contributed by atoms with E-state index in [2.05, 4.69) is 76.3 Å². The van der Waals surface area contributed by atoms with Crippen LogP contribution in [0.25, 0.3) is 11.0 Å². The number of aryl methyl sites for hydroxylation is 1. The van der Waals surface area contributed by atoms with Crippen LogP contribution in [0.1, 0.15) is 49.5 Å². The number of imidazole rings is 1. The number of halogens is 3. The third kappa shape index (κ3) is 5.22. The van der Waals surface area contributed by atoms with Crippen LogP contribution in [0.2, 0.25) is 0 Å². The smallest absolute Gasteiger partial charge is 0.107 e. The summed E-state index contributed by atoms with van der Waals surface area (Å²) >= 11 is 0. The molecule has 2 unspecified atom stereocenters. The van der Waals surface area contributed by atoms with E-state index in [1.807, 2.05) is 0 Å². The molecule has 4 heterocycles. The van der Waals surface area contributed by atoms with Gasteiger partial charge in [-0.1, -0.05) is 42.5 Å². The van der Waals surface area contributed by atoms with Crippen molar-refractivity contribution >= 4 is 48.3 Å². The third-order valence-corrected chi connectivity index (χ3v) is 8.14. The van der Waals surface area contributed by atoms with Gasteiger partial charge in [0, 0.05) is 37.8 Å². The van der Waals surface area contributed by atoms with E-state index in [0.29, 0.717) is 18.1 Å². The maximum absolute atomic E-state index is 6.48. The number of nitrogens with one attached hydrogen (secondary N) is 1. The number of hydrogen-bond donors (Lipinski definition) is 1. The summed E-state index contributed by atoms with van der Waals surface area (Å²) in [6, 6.07) is 21.4. The number of aromatic nitrogens is 2. The summed E-state index contributed by atoms with van der Waals surface area (Å²) in [5, 5.41) is 3.59. The van der Waals surface area contributed by atoms with Crippen LogP contribution in [0.15, 0.2) is 54.6 Å². The third-order valence-electron chi connectivity index (χ3n) is 8.14. The van der Waals surface area contributed by atoms with Crippen molar-refractivity contribution in [2.24, 2.45) is 0 Å². The van der Waals surface area contributed by atoms with Crippen LogP contribution >= 0.6 is 37.2 Å². The van der Waals surface area contributed by atoms with E-state index in [-0.39, 0.29) is 42.8 Å². The van der Waals surface area contributed by atoms with Crippen LogP contribution in [-0.4, -0.2) is 52.8 Å². The number of ether oxygens (including phenoxy) is 1. The first-order valence-electron chi connectivity index (χ1n) is 12.3. The zero-order chi connectivity index (χ0) is 21.5. The molecule has 3 aromatic rings. The van der Waals surface area contributed by atoms with Crippen molar-refractivity contribution < 1.29 is 4.74 Å². The van der Waals surface area contributed by atoms with Crippen LogP contribution < -0.4 is 5.32 Å². The lowest BCUT2D eigenvalue weighted by Gasteiger charge is -2.43. The summed E-state index contributed by atoms with van der Waals surface area (Å²) in [6.07, 6.45) is 6.16. The van der Waals surface area contributed by atoms with Crippen molar-refractivity contribution in [1.29, 1.82) is 0 Å². The molecule has 6 rings (SSSR count). The van der Waals surface area contributed by atoms with Gasteiger partial charge in [0.2, 0.25) is 0 Å². The number of morpholine rings is 1. The second kappa shape index (κ2) is 11.8. The zero-order valence-corrected chi connectivity index (χ0v) is 22.7. The second-order valence-electron chi connectivity index (χ2n) is 9.90. The van der Waals surface area contributed by atoms with Gasteiger partial charge in [0.25, 0.3) is 0 Å². The topological polar surface area (TPSA) is 42.3 Å². The second-order valence-corrected chi connectivity index (χ2v) is 9.90. The van der Waals surface area contributed by atoms with Gasteiger partial charge in [-0.2, -0.15) is 0 Å². The van der Waals surface area contributed by atoms with E-state index in [9.17, 15) is 0 Å². The molecule has 3 saturated heterocycles. The molecule has 1 N–H and O–H groups in total. The fourth-order valence-electron chi connectivity index (χ4n) is 6.65. The number of fused-ring (bicyclic) bond motifs is 3. The number of rotatable bonds is 5. The first-order chi connectivity index (χ1) is 15.7. The Morgan fingerprint density at radius 1 is 0.943 bits per heavy atom. The predicted octanol–water partition coefficient (Wildman–Crippen LogP) is 5.68. The minimum atomic E-state index is -0.201. The minimum absolute atomic E-state index is 0. The minimum Gasteiger partial charge on any atom is -0.368 e. The largest absolute Gasteiger partial charge is 0.368 e. The number of hydrogen-bond acceptors (Lipinski definition) is 4. The van der Waals surface area contributed by atoms with Gasteiger partial charge >= 0.3 is 0 Å². The predicted molar refractivity (Wildman–Crippen MR) is 150 cm³/mol. The molecule has 0 radical (unpaired) electrons. The van der Waals surface area contributed by atoms with E-state index in [1.54, 1.807) is 0 Å². The maximum atomic E-state index is 6.48. The van der Waals surface area contributed by atoms with Gasteiger partial charge in [0.05, 0.1) is 17.6 Å². The molecule has 3 fully saturated rings. The molecule has 192 valence electrons. The van der Waals surface area contributed by atoms with Gasteiger partial charge in [-0.3, -0.25) is 4.90 Å². The number of para-hydroxylation sites is 2. The molecule has 35 heavy (non-hydrogen) atoms. The zero-order valence-electron chi connectivity index (χ0n) is 20.3. The van der Waals surface area contributed by atoms with E-state index >= 15 is 0 Å². The van der Waals surface area contributed by atoms with Crippen LogP contribution in [0.3, 0.4) is 0 Å². The van der Waals surface area contributed by atoms with Crippen molar-refractivity contribution in [1.82, 2.24) is 19.8 Å². The molecule has 3 aliphatic heterocycles. The maximum Gasteiger partial charge on any atom is 0.107 e. The van der Waals surface area contributed by atoms with Crippen molar-refractivity contribution in [3.63, 3.8) is 0 Å². The molecule has 5 nitrogen and oxygen atoms in total. The molecular weight excluding hydrogens is 503 g/mol. The normalized spacial score (nSPS) is 28.1. The summed E-state index contributed by atoms with van der Waals surface area (Å²) in [7, 11) is 0. The molecule has 0 saturated carbocycles. The molecule has 0 amide bonds. The van der Waals surface area contributed by atoms with E-state index < -0.39 is 0 Å². The SMILES string of the molecule is Cc1nc2ccccc2n1C1C[C@H]2CC[C@@H](C1)N2CCC1(c2ccccc2)CNCCO1.Cl.Cl.Cl. The van der Waals surface area contributed by atoms with Gasteiger partial charge in [-0.15, -0.1) is 37.2 Å². The highest BCUT2D eigenvalue weighted by Crippen LogP contribution is 2.43. The number of nitrogens with zero attached hydrogens (tertiary/aromatic N) is 3. The Balaban J connectivity index is 0.00000114. The van der Waals surface area contributed by atoms with Crippen LogP contribution in [-0.2, 0) is 10.3 Å².